The van der Waals surface area contributed by atoms with Crippen LogP contribution in [0.15, 0.2) is 64.4 Å². The molecule has 3 aromatic rings. The van der Waals surface area contributed by atoms with Crippen molar-refractivity contribution >= 4 is 46.2 Å². The number of nitrogens with zero attached hydrogens (tertiary/aromatic N) is 1. The van der Waals surface area contributed by atoms with Gasteiger partial charge in [-0.2, -0.15) is 13.2 Å². The van der Waals surface area contributed by atoms with Gasteiger partial charge in [-0.25, -0.2) is 4.98 Å². The second kappa shape index (κ2) is 10.6. The molecule has 6 nitrogen and oxygen atoms in total. The smallest absolute Gasteiger partial charge is 0.324 e. The van der Waals surface area contributed by atoms with Crippen LogP contribution in [0.4, 0.5) is 24.8 Å². The van der Waals surface area contributed by atoms with Gasteiger partial charge in [0.25, 0.3) is 5.91 Å². The summed E-state index contributed by atoms with van der Waals surface area (Å²) in [6, 6.07) is 10.2. The second-order valence-electron chi connectivity index (χ2n) is 8.81. The molecule has 0 radical (unpaired) electrons. The van der Waals surface area contributed by atoms with Crippen molar-refractivity contribution in [3.63, 3.8) is 0 Å². The molecule has 2 aromatic carbocycles. The number of allylic oxidation sites excluding steroid dienone is 1. The lowest BCUT2D eigenvalue weighted by molar-refractivity contribution is -0.137. The number of aromatic amines is 1. The number of alkyl halides is 3. The molecule has 2 amide bonds. The number of rotatable bonds is 6. The fourth-order valence-electron chi connectivity index (χ4n) is 3.77. The number of imidazole rings is 1. The molecule has 0 bridgehead atoms. The van der Waals surface area contributed by atoms with Gasteiger partial charge in [0.05, 0.1) is 16.6 Å². The third-order valence-electron chi connectivity index (χ3n) is 5.78. The molecule has 36 heavy (non-hydrogen) atoms. The van der Waals surface area contributed by atoms with Gasteiger partial charge in [0.15, 0.2) is 0 Å². The van der Waals surface area contributed by atoms with E-state index < -0.39 is 17.7 Å². The van der Waals surface area contributed by atoms with E-state index in [0.29, 0.717) is 34.3 Å². The molecule has 0 fully saturated rings. The first kappa shape index (κ1) is 25.6. The predicted molar refractivity (Wildman–Crippen MR) is 136 cm³/mol. The van der Waals surface area contributed by atoms with Gasteiger partial charge < -0.3 is 10.3 Å². The number of amides is 2. The number of hydrogen-bond acceptors (Lipinski definition) is 4. The van der Waals surface area contributed by atoms with Crippen molar-refractivity contribution in [1.82, 2.24) is 9.97 Å². The molecule has 1 unspecified atom stereocenters. The second-order valence-corrected chi connectivity index (χ2v) is 9.55. The summed E-state index contributed by atoms with van der Waals surface area (Å²) in [6.45, 7) is 3.68. The number of carbonyl (C=O) groups excluding carboxylic acids is 2. The number of hydrogen-bond donors (Lipinski definition) is 3. The van der Waals surface area contributed by atoms with Crippen molar-refractivity contribution in [2.75, 3.05) is 10.6 Å². The van der Waals surface area contributed by atoms with Crippen LogP contribution in [0, 0.1) is 5.92 Å². The van der Waals surface area contributed by atoms with Crippen LogP contribution >= 0.6 is 11.8 Å². The van der Waals surface area contributed by atoms with Gasteiger partial charge in [-0.05, 0) is 66.8 Å². The van der Waals surface area contributed by atoms with Crippen LogP contribution in [-0.2, 0) is 22.2 Å². The lowest BCUT2D eigenvalue weighted by atomic mass is 9.99. The van der Waals surface area contributed by atoms with Crippen molar-refractivity contribution in [2.45, 2.75) is 39.3 Å². The molecular weight excluding hydrogens is 489 g/mol. The topological polar surface area (TPSA) is 86.9 Å². The standard InChI is InChI=1S/C26H25F3N4O2S/c1-15-6-7-18(14-36-13-15)24(35)30-20-8-9-21-22(12-20)32-25(31-21)33-23(34)16(2)10-17-4-3-5-19(11-17)26(27,28)29/h3-5,8-9,11-14,16H,6-7,10H2,1-2H3,(H,30,35)(H2,31,32,33,34). The number of thioether (sulfide) groups is 1. The Bertz CT molecular complexity index is 1360. The van der Waals surface area contributed by atoms with Crippen LogP contribution in [0.3, 0.4) is 0 Å². The zero-order valence-electron chi connectivity index (χ0n) is 19.7. The third kappa shape index (κ3) is 6.37. The Morgan fingerprint density at radius 1 is 1.11 bits per heavy atom. The molecule has 1 atom stereocenters. The van der Waals surface area contributed by atoms with Gasteiger partial charge in [0.2, 0.25) is 11.9 Å². The van der Waals surface area contributed by atoms with Gasteiger partial charge in [0.1, 0.15) is 0 Å². The number of halogens is 3. The highest BCUT2D eigenvalue weighted by atomic mass is 32.2. The summed E-state index contributed by atoms with van der Waals surface area (Å²) >= 11 is 1.50. The average Bonchev–Trinajstić information content (AvgIpc) is 3.08. The Balaban J connectivity index is 1.39. The number of carbonyl (C=O) groups is 2. The number of aromatic nitrogens is 2. The van der Waals surface area contributed by atoms with Crippen LogP contribution < -0.4 is 10.6 Å². The normalized spacial score (nSPS) is 15.0. The average molecular weight is 515 g/mol. The maximum absolute atomic E-state index is 13.0. The summed E-state index contributed by atoms with van der Waals surface area (Å²) in [6.07, 6.45) is -2.78. The van der Waals surface area contributed by atoms with E-state index in [2.05, 4.69) is 20.6 Å². The van der Waals surface area contributed by atoms with Gasteiger partial charge in [-0.3, -0.25) is 14.9 Å². The Morgan fingerprint density at radius 3 is 2.69 bits per heavy atom. The molecule has 1 aromatic heterocycles. The quantitative estimate of drug-likeness (QED) is 0.344. The summed E-state index contributed by atoms with van der Waals surface area (Å²) in [5, 5.41) is 9.48. The van der Waals surface area contributed by atoms with Gasteiger partial charge >= 0.3 is 6.18 Å². The van der Waals surface area contributed by atoms with E-state index in [4.69, 9.17) is 0 Å². The number of fused-ring (bicyclic) bond motifs is 1. The van der Waals surface area contributed by atoms with Crippen LogP contribution in [0.1, 0.15) is 37.8 Å². The fraction of sp³-hybridized carbons (Fsp3) is 0.269. The highest BCUT2D eigenvalue weighted by Gasteiger charge is 2.30. The molecule has 0 aliphatic carbocycles. The number of H-pyrrole nitrogens is 1. The molecule has 0 saturated heterocycles. The minimum absolute atomic E-state index is 0.148. The molecule has 0 saturated carbocycles. The molecule has 188 valence electrons. The maximum atomic E-state index is 13.0. The van der Waals surface area contributed by atoms with E-state index in [9.17, 15) is 22.8 Å². The van der Waals surface area contributed by atoms with E-state index in [1.165, 1.54) is 23.4 Å². The lowest BCUT2D eigenvalue weighted by Gasteiger charge is -2.13. The summed E-state index contributed by atoms with van der Waals surface area (Å²) in [7, 11) is 0. The Hall–Kier alpha value is -3.53. The van der Waals surface area contributed by atoms with E-state index in [1.807, 2.05) is 17.7 Å². The summed E-state index contributed by atoms with van der Waals surface area (Å²) < 4.78 is 38.9. The minimum atomic E-state index is -4.43. The molecule has 10 heteroatoms. The van der Waals surface area contributed by atoms with Gasteiger partial charge in [-0.15, -0.1) is 11.8 Å². The number of nitrogens with one attached hydrogen (secondary N) is 3. The monoisotopic (exact) mass is 514 g/mol. The molecule has 2 heterocycles. The molecule has 3 N–H and O–H groups in total. The Morgan fingerprint density at radius 2 is 1.92 bits per heavy atom. The third-order valence-corrected chi connectivity index (χ3v) is 6.74. The minimum Gasteiger partial charge on any atom is -0.324 e. The SMILES string of the molecule is CC1=CSC=C(C(=O)Nc2ccc3nc(NC(=O)C(C)Cc4cccc(C(F)(F)F)c4)[nH]c3c2)CC1. The number of anilines is 2. The summed E-state index contributed by atoms with van der Waals surface area (Å²) in [5.41, 5.74) is 3.43. The van der Waals surface area contributed by atoms with E-state index in [-0.39, 0.29) is 24.2 Å². The summed E-state index contributed by atoms with van der Waals surface area (Å²) in [4.78, 5) is 32.7. The van der Waals surface area contributed by atoms with E-state index in [0.717, 1.165) is 18.6 Å². The Kier molecular flexibility index (Phi) is 7.53. The molecular formula is C26H25F3N4O2S. The van der Waals surface area contributed by atoms with Crippen LogP contribution in [-0.4, -0.2) is 21.8 Å². The van der Waals surface area contributed by atoms with Crippen LogP contribution in [0.25, 0.3) is 11.0 Å². The predicted octanol–water partition coefficient (Wildman–Crippen LogP) is 6.65. The van der Waals surface area contributed by atoms with Crippen LogP contribution in [0.2, 0.25) is 0 Å². The van der Waals surface area contributed by atoms with Gasteiger partial charge in [0, 0.05) is 17.2 Å². The highest BCUT2D eigenvalue weighted by molar-refractivity contribution is 8.05. The highest BCUT2D eigenvalue weighted by Crippen LogP contribution is 2.30. The zero-order chi connectivity index (χ0) is 25.9. The van der Waals surface area contributed by atoms with Crippen molar-refractivity contribution < 1.29 is 22.8 Å². The van der Waals surface area contributed by atoms with Crippen molar-refractivity contribution in [1.29, 1.82) is 0 Å². The van der Waals surface area contributed by atoms with Gasteiger partial charge in [-0.1, -0.05) is 30.7 Å². The molecule has 1 aliphatic rings. The lowest BCUT2D eigenvalue weighted by Crippen LogP contribution is -2.23. The number of benzene rings is 2. The first-order valence-corrected chi connectivity index (χ1v) is 12.3. The van der Waals surface area contributed by atoms with Crippen molar-refractivity contribution in [3.8, 4) is 0 Å². The van der Waals surface area contributed by atoms with E-state index in [1.54, 1.807) is 31.2 Å². The summed E-state index contributed by atoms with van der Waals surface area (Å²) in [5.74, 6) is -0.901. The van der Waals surface area contributed by atoms with E-state index >= 15 is 0 Å². The zero-order valence-corrected chi connectivity index (χ0v) is 20.5. The molecule has 1 aliphatic heterocycles. The molecule has 0 spiro atoms. The largest absolute Gasteiger partial charge is 0.416 e. The fourth-order valence-corrected chi connectivity index (χ4v) is 4.58. The Labute approximate surface area is 210 Å². The first-order valence-electron chi connectivity index (χ1n) is 11.4. The van der Waals surface area contributed by atoms with Crippen molar-refractivity contribution in [3.05, 3.63) is 75.6 Å². The van der Waals surface area contributed by atoms with Crippen molar-refractivity contribution in [2.24, 2.45) is 5.92 Å². The van der Waals surface area contributed by atoms with Crippen LogP contribution in [0.5, 0.6) is 0 Å². The first-order chi connectivity index (χ1) is 17.1. The molecule has 4 rings (SSSR count). The maximum Gasteiger partial charge on any atom is 0.416 e.